The van der Waals surface area contributed by atoms with Gasteiger partial charge in [0.25, 0.3) is 5.91 Å². The summed E-state index contributed by atoms with van der Waals surface area (Å²) in [4.78, 5) is 25.2. The molecule has 0 aliphatic heterocycles. The molecule has 1 rings (SSSR count). The van der Waals surface area contributed by atoms with Gasteiger partial charge in [0.1, 0.15) is 0 Å². The number of ether oxygens (including phenoxy) is 2. The quantitative estimate of drug-likeness (QED) is 0.781. The highest BCUT2D eigenvalue weighted by Gasteiger charge is 2.16. The first-order valence-electron chi connectivity index (χ1n) is 7.45. The summed E-state index contributed by atoms with van der Waals surface area (Å²) in [6.07, 6.45) is 3.86. The topological polar surface area (TPSA) is 76.1 Å². The number of rotatable bonds is 7. The van der Waals surface area contributed by atoms with Crippen LogP contribution in [0, 0.1) is 0 Å². The summed E-state index contributed by atoms with van der Waals surface area (Å²) in [7, 11) is 2.85. The van der Waals surface area contributed by atoms with Gasteiger partial charge in [-0.1, -0.05) is 13.8 Å². The van der Waals surface area contributed by atoms with Crippen LogP contribution in [0.2, 0.25) is 0 Å². The molecular formula is C17H23NO5. The molecule has 0 saturated carbocycles. The van der Waals surface area contributed by atoms with Gasteiger partial charge in [-0.3, -0.25) is 14.5 Å². The van der Waals surface area contributed by atoms with Crippen LogP contribution in [0.3, 0.4) is 0 Å². The number of imide groups is 1. The van der Waals surface area contributed by atoms with Crippen molar-refractivity contribution in [3.8, 4) is 17.2 Å². The highest BCUT2D eigenvalue weighted by atomic mass is 16.5. The van der Waals surface area contributed by atoms with Crippen molar-refractivity contribution in [2.75, 3.05) is 20.8 Å². The minimum atomic E-state index is -0.371. The van der Waals surface area contributed by atoms with Crippen molar-refractivity contribution in [2.45, 2.75) is 26.7 Å². The maximum Gasteiger partial charge on any atom is 0.253 e. The molecule has 0 unspecified atom stereocenters. The average Bonchev–Trinajstić information content (AvgIpc) is 2.57. The first-order chi connectivity index (χ1) is 11.0. The lowest BCUT2D eigenvalue weighted by molar-refractivity contribution is -0.141. The lowest BCUT2D eigenvalue weighted by Crippen LogP contribution is -2.35. The van der Waals surface area contributed by atoms with Crippen molar-refractivity contribution in [1.29, 1.82) is 0 Å². The molecule has 0 radical (unpaired) electrons. The van der Waals surface area contributed by atoms with Gasteiger partial charge in [0, 0.05) is 19.0 Å². The Morgan fingerprint density at radius 3 is 2.17 bits per heavy atom. The van der Waals surface area contributed by atoms with Crippen molar-refractivity contribution in [2.24, 2.45) is 0 Å². The van der Waals surface area contributed by atoms with E-state index in [1.54, 1.807) is 25.1 Å². The Bertz CT molecular complexity index is 570. The summed E-state index contributed by atoms with van der Waals surface area (Å²) in [6.45, 7) is 4.01. The number of carbonyl (C=O) groups excluding carboxylic acids is 2. The van der Waals surface area contributed by atoms with Gasteiger partial charge in [-0.05, 0) is 30.2 Å². The van der Waals surface area contributed by atoms with E-state index in [0.29, 0.717) is 18.5 Å². The smallest absolute Gasteiger partial charge is 0.253 e. The molecule has 0 heterocycles. The molecule has 6 nitrogen and oxygen atoms in total. The summed E-state index contributed by atoms with van der Waals surface area (Å²) >= 11 is 0. The molecule has 126 valence electrons. The van der Waals surface area contributed by atoms with E-state index < -0.39 is 0 Å². The fourth-order valence-corrected chi connectivity index (χ4v) is 2.04. The van der Waals surface area contributed by atoms with Crippen LogP contribution in [0.4, 0.5) is 0 Å². The molecule has 0 aliphatic carbocycles. The van der Waals surface area contributed by atoms with E-state index >= 15 is 0 Å². The maximum atomic E-state index is 12.2. The highest BCUT2D eigenvalue weighted by Crippen LogP contribution is 2.37. The second-order valence-corrected chi connectivity index (χ2v) is 4.84. The monoisotopic (exact) mass is 321 g/mol. The number of phenols is 1. The van der Waals surface area contributed by atoms with Gasteiger partial charge in [0.05, 0.1) is 14.2 Å². The van der Waals surface area contributed by atoms with Gasteiger partial charge in [-0.15, -0.1) is 0 Å². The van der Waals surface area contributed by atoms with E-state index in [2.05, 4.69) is 0 Å². The van der Waals surface area contributed by atoms with Crippen molar-refractivity contribution < 1.29 is 24.2 Å². The van der Waals surface area contributed by atoms with E-state index in [9.17, 15) is 14.7 Å². The first-order valence-corrected chi connectivity index (χ1v) is 7.45. The summed E-state index contributed by atoms with van der Waals surface area (Å²) in [6, 6.07) is 3.15. The van der Waals surface area contributed by atoms with Gasteiger partial charge in [-0.25, -0.2) is 0 Å². The molecule has 1 N–H and O–H groups in total. The second-order valence-electron chi connectivity index (χ2n) is 4.84. The zero-order chi connectivity index (χ0) is 17.4. The van der Waals surface area contributed by atoms with E-state index in [0.717, 1.165) is 0 Å². The molecular weight excluding hydrogens is 298 g/mol. The van der Waals surface area contributed by atoms with Gasteiger partial charge < -0.3 is 14.6 Å². The Labute approximate surface area is 136 Å². The predicted molar refractivity (Wildman–Crippen MR) is 87.5 cm³/mol. The lowest BCUT2D eigenvalue weighted by atomic mass is 10.1. The van der Waals surface area contributed by atoms with Crippen LogP contribution in [0.15, 0.2) is 18.2 Å². The number of methoxy groups -OCH3 is 2. The van der Waals surface area contributed by atoms with Gasteiger partial charge >= 0.3 is 0 Å². The highest BCUT2D eigenvalue weighted by molar-refractivity contribution is 6.02. The lowest BCUT2D eigenvalue weighted by Gasteiger charge is -2.17. The SMILES string of the molecule is CCCN(C(=O)/C=C/c1cc(OC)c(O)c(OC)c1)C(=O)CC. The molecule has 1 aromatic carbocycles. The summed E-state index contributed by atoms with van der Waals surface area (Å²) in [5.41, 5.74) is 0.616. The Balaban J connectivity index is 3.03. The van der Waals surface area contributed by atoms with Crippen LogP contribution < -0.4 is 9.47 Å². The van der Waals surface area contributed by atoms with Crippen LogP contribution in [-0.4, -0.2) is 42.6 Å². The summed E-state index contributed by atoms with van der Waals surface area (Å²) in [5.74, 6) is -0.197. The van der Waals surface area contributed by atoms with Gasteiger partial charge in [-0.2, -0.15) is 0 Å². The van der Waals surface area contributed by atoms with E-state index in [1.165, 1.54) is 25.2 Å². The molecule has 0 bridgehead atoms. The molecule has 0 saturated heterocycles. The van der Waals surface area contributed by atoms with Crippen molar-refractivity contribution in [3.63, 3.8) is 0 Å². The molecule has 0 aromatic heterocycles. The Morgan fingerprint density at radius 2 is 1.74 bits per heavy atom. The van der Waals surface area contributed by atoms with E-state index in [1.807, 2.05) is 6.92 Å². The molecule has 0 fully saturated rings. The second kappa shape index (κ2) is 8.82. The minimum Gasteiger partial charge on any atom is -0.502 e. The largest absolute Gasteiger partial charge is 0.502 e. The normalized spacial score (nSPS) is 10.6. The van der Waals surface area contributed by atoms with E-state index in [4.69, 9.17) is 9.47 Å². The minimum absolute atomic E-state index is 0.104. The molecule has 1 aromatic rings. The zero-order valence-electron chi connectivity index (χ0n) is 14.0. The fraction of sp³-hybridized carbons (Fsp3) is 0.412. The number of aromatic hydroxyl groups is 1. The number of hydrogen-bond acceptors (Lipinski definition) is 5. The molecule has 0 atom stereocenters. The Hall–Kier alpha value is -2.50. The Kier molecular flexibility index (Phi) is 7.12. The first kappa shape index (κ1) is 18.5. The van der Waals surface area contributed by atoms with Crippen LogP contribution in [0.25, 0.3) is 6.08 Å². The number of amides is 2. The predicted octanol–water partition coefficient (Wildman–Crippen LogP) is 2.60. The fourth-order valence-electron chi connectivity index (χ4n) is 2.04. The summed E-state index contributed by atoms with van der Waals surface area (Å²) < 4.78 is 10.1. The third kappa shape index (κ3) is 4.74. The molecule has 0 spiro atoms. The molecule has 6 heteroatoms. The molecule has 2 amide bonds. The third-order valence-electron chi connectivity index (χ3n) is 3.24. The number of benzene rings is 1. The van der Waals surface area contributed by atoms with Crippen molar-refractivity contribution in [3.05, 3.63) is 23.8 Å². The summed E-state index contributed by atoms with van der Waals surface area (Å²) in [5, 5.41) is 9.86. The van der Waals surface area contributed by atoms with Crippen molar-refractivity contribution >= 4 is 17.9 Å². The van der Waals surface area contributed by atoms with Crippen molar-refractivity contribution in [1.82, 2.24) is 4.90 Å². The van der Waals surface area contributed by atoms with Gasteiger partial charge in [0.2, 0.25) is 11.7 Å². The zero-order valence-corrected chi connectivity index (χ0v) is 14.0. The van der Waals surface area contributed by atoms with E-state index in [-0.39, 0.29) is 35.5 Å². The standard InChI is InChI=1S/C17H23NO5/c1-5-9-18(15(19)6-2)16(20)8-7-12-10-13(22-3)17(21)14(11-12)23-4/h7-8,10-11,21H,5-6,9H2,1-4H3/b8-7+. The maximum absolute atomic E-state index is 12.2. The number of phenolic OH excluding ortho intramolecular Hbond substituents is 1. The number of nitrogens with zero attached hydrogens (tertiary/aromatic N) is 1. The third-order valence-corrected chi connectivity index (χ3v) is 3.24. The van der Waals surface area contributed by atoms with Gasteiger partial charge in [0.15, 0.2) is 11.5 Å². The molecule has 0 aliphatic rings. The van der Waals surface area contributed by atoms with Crippen LogP contribution in [0.1, 0.15) is 32.3 Å². The van der Waals surface area contributed by atoms with Crippen LogP contribution >= 0.6 is 0 Å². The number of carbonyl (C=O) groups is 2. The van der Waals surface area contributed by atoms with Crippen LogP contribution in [-0.2, 0) is 9.59 Å². The average molecular weight is 321 g/mol. The van der Waals surface area contributed by atoms with Crippen LogP contribution in [0.5, 0.6) is 17.2 Å². The Morgan fingerprint density at radius 1 is 1.17 bits per heavy atom. The molecule has 23 heavy (non-hydrogen) atoms. The number of hydrogen-bond donors (Lipinski definition) is 1.